The molecule has 1 aliphatic heterocycles. The van der Waals surface area contributed by atoms with E-state index in [1.54, 1.807) is 20.2 Å². The molecular weight excluding hydrogens is 284 g/mol. The number of benzene rings is 1. The minimum absolute atomic E-state index is 0.0715. The van der Waals surface area contributed by atoms with Gasteiger partial charge in [0.2, 0.25) is 5.91 Å². The molecule has 1 aromatic rings. The average Bonchev–Trinajstić information content (AvgIpc) is 2.44. The maximum absolute atomic E-state index is 12.0. The third-order valence-electron chi connectivity index (χ3n) is 2.76. The molecule has 0 spiro atoms. The largest absolute Gasteiger partial charge is 0.486 e. The smallest absolute Gasteiger partial charge is 0.251 e. The van der Waals surface area contributed by atoms with Gasteiger partial charge < -0.3 is 19.7 Å². The molecule has 1 heterocycles. The number of fused-ring (bicyclic) bond motifs is 1. The van der Waals surface area contributed by atoms with E-state index in [0.29, 0.717) is 35.3 Å². The highest BCUT2D eigenvalue weighted by Crippen LogP contribution is 2.38. The highest BCUT2D eigenvalue weighted by Gasteiger charge is 2.19. The van der Waals surface area contributed by atoms with E-state index < -0.39 is 0 Å². The number of halogens is 1. The molecule has 7 heteroatoms. The number of hydrogen-bond acceptors (Lipinski definition) is 4. The van der Waals surface area contributed by atoms with E-state index in [9.17, 15) is 9.59 Å². The van der Waals surface area contributed by atoms with Gasteiger partial charge in [-0.3, -0.25) is 9.59 Å². The molecule has 1 aliphatic rings. The molecule has 0 aromatic heterocycles. The van der Waals surface area contributed by atoms with E-state index in [0.717, 1.165) is 0 Å². The van der Waals surface area contributed by atoms with Gasteiger partial charge in [0.25, 0.3) is 5.91 Å². The third-order valence-corrected chi connectivity index (χ3v) is 3.04. The van der Waals surface area contributed by atoms with Crippen LogP contribution in [-0.4, -0.2) is 50.6 Å². The Morgan fingerprint density at radius 3 is 2.70 bits per heavy atom. The molecule has 0 saturated heterocycles. The van der Waals surface area contributed by atoms with Gasteiger partial charge in [0.05, 0.1) is 11.6 Å². The van der Waals surface area contributed by atoms with Crippen LogP contribution in [0.25, 0.3) is 0 Å². The van der Waals surface area contributed by atoms with Crippen molar-refractivity contribution >= 4 is 23.4 Å². The van der Waals surface area contributed by atoms with Crippen molar-refractivity contribution in [2.24, 2.45) is 0 Å². The lowest BCUT2D eigenvalue weighted by atomic mass is 10.1. The summed E-state index contributed by atoms with van der Waals surface area (Å²) in [6, 6.07) is 3.04. The Labute approximate surface area is 121 Å². The molecule has 0 radical (unpaired) electrons. The zero-order valence-corrected chi connectivity index (χ0v) is 12.0. The van der Waals surface area contributed by atoms with Crippen molar-refractivity contribution in [3.63, 3.8) is 0 Å². The number of hydrogen-bond donors (Lipinski definition) is 1. The fourth-order valence-electron chi connectivity index (χ4n) is 1.66. The molecule has 1 N–H and O–H groups in total. The summed E-state index contributed by atoms with van der Waals surface area (Å²) in [6.45, 7) is 0.765. The maximum atomic E-state index is 12.0. The van der Waals surface area contributed by atoms with Gasteiger partial charge in [0.15, 0.2) is 11.5 Å². The first-order chi connectivity index (χ1) is 9.49. The Bertz CT molecular complexity index is 545. The van der Waals surface area contributed by atoms with Crippen molar-refractivity contribution < 1.29 is 19.1 Å². The highest BCUT2D eigenvalue weighted by molar-refractivity contribution is 6.32. The number of likely N-dealkylation sites (N-methyl/N-ethyl adjacent to an activating group) is 1. The van der Waals surface area contributed by atoms with E-state index >= 15 is 0 Å². The summed E-state index contributed by atoms with van der Waals surface area (Å²) < 4.78 is 10.8. The van der Waals surface area contributed by atoms with Crippen LogP contribution in [0.2, 0.25) is 5.02 Å². The second kappa shape index (κ2) is 6.00. The number of nitrogens with zero attached hydrogens (tertiary/aromatic N) is 1. The second-order valence-electron chi connectivity index (χ2n) is 4.45. The Morgan fingerprint density at radius 2 is 2.00 bits per heavy atom. The quantitative estimate of drug-likeness (QED) is 0.901. The predicted molar refractivity (Wildman–Crippen MR) is 73.5 cm³/mol. The molecule has 108 valence electrons. The first-order valence-corrected chi connectivity index (χ1v) is 6.44. The normalized spacial score (nSPS) is 12.8. The number of rotatable bonds is 3. The van der Waals surface area contributed by atoms with E-state index in [1.165, 1.54) is 11.0 Å². The van der Waals surface area contributed by atoms with Crippen molar-refractivity contribution in [2.45, 2.75) is 0 Å². The van der Waals surface area contributed by atoms with Crippen molar-refractivity contribution in [1.82, 2.24) is 10.2 Å². The van der Waals surface area contributed by atoms with E-state index in [2.05, 4.69) is 5.32 Å². The van der Waals surface area contributed by atoms with Gasteiger partial charge in [0, 0.05) is 19.7 Å². The Kier molecular flexibility index (Phi) is 4.34. The molecule has 20 heavy (non-hydrogen) atoms. The Morgan fingerprint density at radius 1 is 1.30 bits per heavy atom. The summed E-state index contributed by atoms with van der Waals surface area (Å²) in [6.07, 6.45) is 0. The first-order valence-electron chi connectivity index (χ1n) is 6.06. The van der Waals surface area contributed by atoms with Crippen LogP contribution >= 0.6 is 11.6 Å². The van der Waals surface area contributed by atoms with Crippen LogP contribution in [0.4, 0.5) is 0 Å². The van der Waals surface area contributed by atoms with E-state index in [4.69, 9.17) is 21.1 Å². The molecule has 0 bridgehead atoms. The zero-order valence-electron chi connectivity index (χ0n) is 11.2. The number of carbonyl (C=O) groups excluding carboxylic acids is 2. The molecule has 0 fully saturated rings. The number of ether oxygens (including phenoxy) is 2. The summed E-state index contributed by atoms with van der Waals surface area (Å²) in [5.74, 6) is 0.299. The van der Waals surface area contributed by atoms with E-state index in [-0.39, 0.29) is 18.4 Å². The SMILES string of the molecule is CN(C)C(=O)CNC(=O)c1cc(Cl)c2c(c1)OCCO2. The number of carbonyl (C=O) groups is 2. The summed E-state index contributed by atoms with van der Waals surface area (Å²) in [5, 5.41) is 2.84. The summed E-state index contributed by atoms with van der Waals surface area (Å²) in [4.78, 5) is 24.8. The van der Waals surface area contributed by atoms with Gasteiger partial charge in [-0.25, -0.2) is 0 Å². The summed E-state index contributed by atoms with van der Waals surface area (Å²) >= 11 is 6.04. The van der Waals surface area contributed by atoms with Crippen LogP contribution in [0.1, 0.15) is 10.4 Å². The van der Waals surface area contributed by atoms with Crippen LogP contribution < -0.4 is 14.8 Å². The molecule has 6 nitrogen and oxygen atoms in total. The topological polar surface area (TPSA) is 67.9 Å². The fraction of sp³-hybridized carbons (Fsp3) is 0.385. The van der Waals surface area contributed by atoms with Crippen LogP contribution in [0.3, 0.4) is 0 Å². The van der Waals surface area contributed by atoms with Gasteiger partial charge in [-0.2, -0.15) is 0 Å². The zero-order chi connectivity index (χ0) is 14.7. The lowest BCUT2D eigenvalue weighted by Crippen LogP contribution is -2.36. The van der Waals surface area contributed by atoms with Gasteiger partial charge >= 0.3 is 0 Å². The van der Waals surface area contributed by atoms with Crippen LogP contribution in [0, 0.1) is 0 Å². The Hall–Kier alpha value is -1.95. The van der Waals surface area contributed by atoms with Crippen LogP contribution in [-0.2, 0) is 4.79 Å². The first kappa shape index (κ1) is 14.5. The van der Waals surface area contributed by atoms with Crippen LogP contribution in [0.5, 0.6) is 11.5 Å². The van der Waals surface area contributed by atoms with Crippen LogP contribution in [0.15, 0.2) is 12.1 Å². The van der Waals surface area contributed by atoms with Gasteiger partial charge in [0.1, 0.15) is 13.2 Å². The lowest BCUT2D eigenvalue weighted by molar-refractivity contribution is -0.127. The molecular formula is C13H15ClN2O4. The standard InChI is InChI=1S/C13H15ClN2O4/c1-16(2)11(17)7-15-13(18)8-5-9(14)12-10(6-8)19-3-4-20-12/h5-6H,3-4,7H2,1-2H3,(H,15,18). The molecule has 0 atom stereocenters. The van der Waals surface area contributed by atoms with Gasteiger partial charge in [-0.05, 0) is 12.1 Å². The monoisotopic (exact) mass is 298 g/mol. The maximum Gasteiger partial charge on any atom is 0.251 e. The number of amides is 2. The molecule has 2 rings (SSSR count). The molecule has 1 aromatic carbocycles. The lowest BCUT2D eigenvalue weighted by Gasteiger charge is -2.20. The molecule has 0 unspecified atom stereocenters. The van der Waals surface area contributed by atoms with E-state index in [1.807, 2.05) is 0 Å². The van der Waals surface area contributed by atoms with Crippen molar-refractivity contribution in [3.8, 4) is 11.5 Å². The Balaban J connectivity index is 2.11. The molecule has 0 saturated carbocycles. The average molecular weight is 299 g/mol. The van der Waals surface area contributed by atoms with Crippen molar-refractivity contribution in [2.75, 3.05) is 33.9 Å². The molecule has 2 amide bonds. The van der Waals surface area contributed by atoms with Gasteiger partial charge in [-0.15, -0.1) is 0 Å². The van der Waals surface area contributed by atoms with Crippen molar-refractivity contribution in [3.05, 3.63) is 22.7 Å². The van der Waals surface area contributed by atoms with Crippen molar-refractivity contribution in [1.29, 1.82) is 0 Å². The second-order valence-corrected chi connectivity index (χ2v) is 4.86. The minimum atomic E-state index is -0.390. The predicted octanol–water partition coefficient (Wildman–Crippen LogP) is 0.929. The van der Waals surface area contributed by atoms with Gasteiger partial charge in [-0.1, -0.05) is 11.6 Å². The highest BCUT2D eigenvalue weighted by atomic mass is 35.5. The third kappa shape index (κ3) is 3.14. The molecule has 0 aliphatic carbocycles. The summed E-state index contributed by atoms with van der Waals surface area (Å²) in [7, 11) is 3.24. The number of nitrogens with one attached hydrogen (secondary N) is 1. The summed E-state index contributed by atoms with van der Waals surface area (Å²) in [5.41, 5.74) is 0.325. The minimum Gasteiger partial charge on any atom is -0.486 e. The fourth-order valence-corrected chi connectivity index (χ4v) is 1.92.